The summed E-state index contributed by atoms with van der Waals surface area (Å²) >= 11 is 0. The zero-order chi connectivity index (χ0) is 22.3. The number of halogens is 1. The summed E-state index contributed by atoms with van der Waals surface area (Å²) in [4.78, 5) is 29.5. The topological polar surface area (TPSA) is 74.0 Å². The van der Waals surface area contributed by atoms with Gasteiger partial charge in [0, 0.05) is 24.0 Å². The molecule has 0 aliphatic carbocycles. The lowest BCUT2D eigenvalue weighted by molar-refractivity contribution is -0.129. The van der Waals surface area contributed by atoms with Gasteiger partial charge in [-0.2, -0.15) is 0 Å². The number of aliphatic hydroxyl groups is 1. The fourth-order valence-electron chi connectivity index (χ4n) is 3.85. The van der Waals surface area contributed by atoms with Crippen LogP contribution in [-0.2, 0) is 4.79 Å². The van der Waals surface area contributed by atoms with Crippen molar-refractivity contribution in [1.82, 2.24) is 9.80 Å². The SMILES string of the molecule is Cc1ccc2oc(C(=O)C3=C(O)C(=O)N(CCN(C)C)C3c3ccccc3F)cc2c1. The van der Waals surface area contributed by atoms with E-state index in [1.807, 2.05) is 38.1 Å². The van der Waals surface area contributed by atoms with Crippen molar-refractivity contribution in [2.75, 3.05) is 27.2 Å². The van der Waals surface area contributed by atoms with Gasteiger partial charge in [0.1, 0.15) is 11.4 Å². The number of furan rings is 1. The molecule has 1 unspecified atom stereocenters. The summed E-state index contributed by atoms with van der Waals surface area (Å²) in [6, 6.07) is 12.0. The minimum absolute atomic E-state index is 0.00857. The van der Waals surface area contributed by atoms with Crippen molar-refractivity contribution in [3.63, 3.8) is 0 Å². The van der Waals surface area contributed by atoms with E-state index in [-0.39, 0.29) is 23.4 Å². The Kier molecular flexibility index (Phi) is 5.37. The quantitative estimate of drug-likeness (QED) is 0.608. The molecule has 1 amide bonds. The molecule has 160 valence electrons. The molecule has 1 aliphatic heterocycles. The Labute approximate surface area is 179 Å². The van der Waals surface area contributed by atoms with Gasteiger partial charge in [-0.05, 0) is 45.3 Å². The fourth-order valence-corrected chi connectivity index (χ4v) is 3.85. The maximum atomic E-state index is 14.7. The molecule has 0 bridgehead atoms. The highest BCUT2D eigenvalue weighted by Crippen LogP contribution is 2.40. The van der Waals surface area contributed by atoms with E-state index in [2.05, 4.69) is 0 Å². The molecule has 0 saturated carbocycles. The largest absolute Gasteiger partial charge is 0.503 e. The monoisotopic (exact) mass is 422 g/mol. The van der Waals surface area contributed by atoms with E-state index in [9.17, 15) is 19.1 Å². The van der Waals surface area contributed by atoms with Gasteiger partial charge in [-0.15, -0.1) is 0 Å². The van der Waals surface area contributed by atoms with E-state index in [0.29, 0.717) is 12.1 Å². The van der Waals surface area contributed by atoms with E-state index in [1.165, 1.54) is 23.1 Å². The maximum Gasteiger partial charge on any atom is 0.290 e. The Bertz CT molecular complexity index is 1210. The summed E-state index contributed by atoms with van der Waals surface area (Å²) in [6.07, 6.45) is 0. The first-order valence-electron chi connectivity index (χ1n) is 9.96. The van der Waals surface area contributed by atoms with E-state index in [1.54, 1.807) is 18.2 Å². The Morgan fingerprint density at radius 2 is 1.94 bits per heavy atom. The van der Waals surface area contributed by atoms with Crippen LogP contribution in [0.5, 0.6) is 0 Å². The zero-order valence-corrected chi connectivity index (χ0v) is 17.6. The molecule has 1 aromatic heterocycles. The van der Waals surface area contributed by atoms with Crippen molar-refractivity contribution in [2.24, 2.45) is 0 Å². The Hall–Kier alpha value is -3.45. The summed E-state index contributed by atoms with van der Waals surface area (Å²) < 4.78 is 20.4. The smallest absolute Gasteiger partial charge is 0.290 e. The molecule has 6 nitrogen and oxygen atoms in total. The number of carbonyl (C=O) groups excluding carboxylic acids is 2. The third-order valence-electron chi connectivity index (χ3n) is 5.43. The van der Waals surface area contributed by atoms with Crippen LogP contribution in [0.2, 0.25) is 0 Å². The predicted octanol–water partition coefficient (Wildman–Crippen LogP) is 4.02. The van der Waals surface area contributed by atoms with Crippen LogP contribution in [0.25, 0.3) is 11.0 Å². The number of nitrogens with zero attached hydrogens (tertiary/aromatic N) is 2. The van der Waals surface area contributed by atoms with Crippen LogP contribution < -0.4 is 0 Å². The number of aliphatic hydroxyl groups excluding tert-OH is 1. The van der Waals surface area contributed by atoms with Crippen molar-refractivity contribution < 1.29 is 23.5 Å². The second-order valence-corrected chi connectivity index (χ2v) is 7.97. The summed E-state index contributed by atoms with van der Waals surface area (Å²) in [5, 5.41) is 11.4. The third-order valence-corrected chi connectivity index (χ3v) is 5.43. The number of likely N-dealkylation sites (N-methyl/N-ethyl adjacent to an activating group) is 1. The minimum atomic E-state index is -1.05. The van der Waals surface area contributed by atoms with Crippen LogP contribution in [0.15, 0.2) is 64.3 Å². The molecule has 7 heteroatoms. The number of hydrogen-bond donors (Lipinski definition) is 1. The number of benzene rings is 2. The lowest BCUT2D eigenvalue weighted by atomic mass is 9.94. The van der Waals surface area contributed by atoms with Gasteiger partial charge in [0.05, 0.1) is 11.6 Å². The third kappa shape index (κ3) is 3.72. The highest BCUT2D eigenvalue weighted by atomic mass is 19.1. The zero-order valence-electron chi connectivity index (χ0n) is 17.6. The molecular formula is C24H23FN2O4. The molecule has 4 rings (SSSR count). The van der Waals surface area contributed by atoms with Gasteiger partial charge in [0.15, 0.2) is 11.5 Å². The molecule has 3 aromatic rings. The average Bonchev–Trinajstić information content (AvgIpc) is 3.25. The van der Waals surface area contributed by atoms with Crippen molar-refractivity contribution in [3.05, 3.63) is 82.6 Å². The lowest BCUT2D eigenvalue weighted by Gasteiger charge is -2.28. The number of Topliss-reactive ketones (excluding diaryl/α,β-unsaturated/α-hetero) is 1. The van der Waals surface area contributed by atoms with E-state index in [0.717, 1.165) is 10.9 Å². The molecule has 31 heavy (non-hydrogen) atoms. The highest BCUT2D eigenvalue weighted by Gasteiger charge is 2.45. The van der Waals surface area contributed by atoms with Gasteiger partial charge in [0.25, 0.3) is 5.91 Å². The van der Waals surface area contributed by atoms with E-state index in [4.69, 9.17) is 4.42 Å². The van der Waals surface area contributed by atoms with E-state index < -0.39 is 29.3 Å². The van der Waals surface area contributed by atoms with Gasteiger partial charge in [-0.1, -0.05) is 29.8 Å². The normalized spacial score (nSPS) is 16.7. The highest BCUT2D eigenvalue weighted by molar-refractivity contribution is 6.16. The Morgan fingerprint density at radius 1 is 1.19 bits per heavy atom. The second-order valence-electron chi connectivity index (χ2n) is 7.97. The van der Waals surface area contributed by atoms with Crippen molar-refractivity contribution in [2.45, 2.75) is 13.0 Å². The fraction of sp³-hybridized carbons (Fsp3) is 0.250. The number of hydrogen-bond acceptors (Lipinski definition) is 5. The van der Waals surface area contributed by atoms with Gasteiger partial charge < -0.3 is 19.3 Å². The van der Waals surface area contributed by atoms with Crippen LogP contribution in [0.4, 0.5) is 4.39 Å². The molecule has 0 radical (unpaired) electrons. The molecule has 1 aliphatic rings. The van der Waals surface area contributed by atoms with Crippen LogP contribution >= 0.6 is 0 Å². The van der Waals surface area contributed by atoms with Crippen LogP contribution in [0, 0.1) is 12.7 Å². The van der Waals surface area contributed by atoms with E-state index >= 15 is 0 Å². The minimum Gasteiger partial charge on any atom is -0.503 e. The van der Waals surface area contributed by atoms with Crippen LogP contribution in [0.3, 0.4) is 0 Å². The maximum absolute atomic E-state index is 14.7. The molecular weight excluding hydrogens is 399 g/mol. The first-order valence-corrected chi connectivity index (χ1v) is 9.96. The van der Waals surface area contributed by atoms with Crippen molar-refractivity contribution >= 4 is 22.7 Å². The molecule has 0 saturated heterocycles. The number of ketones is 1. The summed E-state index contributed by atoms with van der Waals surface area (Å²) in [7, 11) is 3.68. The van der Waals surface area contributed by atoms with Gasteiger partial charge in [-0.25, -0.2) is 4.39 Å². The molecule has 1 N–H and O–H groups in total. The molecule has 0 spiro atoms. The van der Waals surface area contributed by atoms with Gasteiger partial charge in [0.2, 0.25) is 5.78 Å². The standard InChI is InChI=1S/C24H23FN2O4/c1-14-8-9-18-15(12-14)13-19(31-18)22(28)20-21(16-6-4-5-7-17(16)25)27(11-10-26(2)3)24(30)23(20)29/h4-9,12-13,21,29H,10-11H2,1-3H3. The number of carbonyl (C=O) groups is 2. The first kappa shape index (κ1) is 20.8. The predicted molar refractivity (Wildman–Crippen MR) is 114 cm³/mol. The molecule has 2 aromatic carbocycles. The number of amides is 1. The molecule has 1 atom stereocenters. The van der Waals surface area contributed by atoms with Crippen molar-refractivity contribution in [3.8, 4) is 0 Å². The summed E-state index contributed by atoms with van der Waals surface area (Å²) in [5.74, 6) is -2.58. The van der Waals surface area contributed by atoms with Gasteiger partial charge in [-0.3, -0.25) is 9.59 Å². The number of rotatable bonds is 6. The average molecular weight is 422 g/mol. The first-order chi connectivity index (χ1) is 14.8. The second kappa shape index (κ2) is 8.00. The van der Waals surface area contributed by atoms with Crippen molar-refractivity contribution in [1.29, 1.82) is 0 Å². The number of aryl methyl sites for hydroxylation is 1. The summed E-state index contributed by atoms with van der Waals surface area (Å²) in [5.41, 5.74) is 1.49. The summed E-state index contributed by atoms with van der Waals surface area (Å²) in [6.45, 7) is 2.62. The van der Waals surface area contributed by atoms with Gasteiger partial charge >= 0.3 is 0 Å². The Balaban J connectivity index is 1.81. The Morgan fingerprint density at radius 3 is 2.65 bits per heavy atom. The van der Waals surface area contributed by atoms with Crippen LogP contribution in [0.1, 0.15) is 27.7 Å². The molecule has 2 heterocycles. The number of fused-ring (bicyclic) bond motifs is 1. The van der Waals surface area contributed by atoms with Crippen LogP contribution in [-0.4, -0.2) is 53.8 Å². The molecule has 0 fully saturated rings. The lowest BCUT2D eigenvalue weighted by Crippen LogP contribution is -2.37.